The summed E-state index contributed by atoms with van der Waals surface area (Å²) < 4.78 is 13.1. The highest BCUT2D eigenvalue weighted by Gasteiger charge is 2.21. The third-order valence-electron chi connectivity index (χ3n) is 3.50. The van der Waals surface area contributed by atoms with Crippen LogP contribution in [-0.4, -0.2) is 17.8 Å². The van der Waals surface area contributed by atoms with Gasteiger partial charge in [0.15, 0.2) is 0 Å². The van der Waals surface area contributed by atoms with Gasteiger partial charge in [-0.15, -0.1) is 0 Å². The third kappa shape index (κ3) is 3.51. The molecule has 1 fully saturated rings. The molecule has 94 valence electrons. The first-order chi connectivity index (χ1) is 8.15. The van der Waals surface area contributed by atoms with Crippen LogP contribution in [0.4, 0.5) is 4.39 Å². The molecule has 2 atom stereocenters. The quantitative estimate of drug-likeness (QED) is 0.842. The summed E-state index contributed by atoms with van der Waals surface area (Å²) in [5, 5.41) is 12.8. The van der Waals surface area contributed by atoms with Crippen LogP contribution in [0, 0.1) is 18.7 Å². The maximum absolute atomic E-state index is 13.1. The Bertz CT molecular complexity index is 380. The fourth-order valence-corrected chi connectivity index (χ4v) is 2.47. The van der Waals surface area contributed by atoms with Crippen molar-refractivity contribution in [2.45, 2.75) is 38.8 Å². The molecule has 0 heterocycles. The monoisotopic (exact) mass is 237 g/mol. The highest BCUT2D eigenvalue weighted by atomic mass is 19.1. The molecule has 0 spiro atoms. The van der Waals surface area contributed by atoms with Gasteiger partial charge in [-0.1, -0.05) is 12.1 Å². The third-order valence-corrected chi connectivity index (χ3v) is 3.50. The van der Waals surface area contributed by atoms with Gasteiger partial charge < -0.3 is 10.4 Å². The smallest absolute Gasteiger partial charge is 0.126 e. The van der Waals surface area contributed by atoms with Crippen molar-refractivity contribution < 1.29 is 9.50 Å². The summed E-state index contributed by atoms with van der Waals surface area (Å²) in [6, 6.07) is 5.22. The number of hydrogen-bond donors (Lipinski definition) is 2. The Balaban J connectivity index is 1.76. The summed E-state index contributed by atoms with van der Waals surface area (Å²) in [7, 11) is 0. The maximum atomic E-state index is 13.1. The first kappa shape index (κ1) is 12.5. The molecule has 0 saturated heterocycles. The Kier molecular flexibility index (Phi) is 4.13. The molecular formula is C14H20FNO. The van der Waals surface area contributed by atoms with Gasteiger partial charge in [-0.05, 0) is 55.8 Å². The van der Waals surface area contributed by atoms with Crippen LogP contribution in [0.15, 0.2) is 18.2 Å². The van der Waals surface area contributed by atoms with E-state index in [1.54, 1.807) is 6.92 Å². The molecule has 1 aliphatic carbocycles. The molecule has 1 aromatic rings. The van der Waals surface area contributed by atoms with E-state index >= 15 is 0 Å². The van der Waals surface area contributed by atoms with Crippen LogP contribution in [0.1, 0.15) is 30.4 Å². The van der Waals surface area contributed by atoms with Crippen molar-refractivity contribution >= 4 is 0 Å². The molecule has 0 radical (unpaired) electrons. The molecular weight excluding hydrogens is 217 g/mol. The van der Waals surface area contributed by atoms with E-state index in [4.69, 9.17) is 0 Å². The largest absolute Gasteiger partial charge is 0.393 e. The Morgan fingerprint density at radius 2 is 2.24 bits per heavy atom. The molecule has 1 aliphatic rings. The summed E-state index contributed by atoms with van der Waals surface area (Å²) in [5.41, 5.74) is 1.81. The second kappa shape index (κ2) is 5.61. The average Bonchev–Trinajstić information content (AvgIpc) is 2.70. The van der Waals surface area contributed by atoms with Crippen molar-refractivity contribution in [2.75, 3.05) is 6.54 Å². The normalized spacial score (nSPS) is 24.2. The van der Waals surface area contributed by atoms with Gasteiger partial charge in [0.2, 0.25) is 0 Å². The van der Waals surface area contributed by atoms with Gasteiger partial charge in [0, 0.05) is 6.54 Å². The minimum absolute atomic E-state index is 0.102. The van der Waals surface area contributed by atoms with E-state index in [1.165, 1.54) is 6.07 Å². The lowest BCUT2D eigenvalue weighted by Crippen LogP contribution is -2.21. The predicted octanol–water partition coefficient (Wildman–Crippen LogP) is 2.38. The number of aliphatic hydroxyl groups excluding tert-OH is 1. The molecule has 2 rings (SSSR count). The molecule has 2 N–H and O–H groups in total. The summed E-state index contributed by atoms with van der Waals surface area (Å²) in [6.07, 6.45) is 2.85. The Morgan fingerprint density at radius 1 is 1.41 bits per heavy atom. The lowest BCUT2D eigenvalue weighted by atomic mass is 10.1. The summed E-state index contributed by atoms with van der Waals surface area (Å²) in [4.78, 5) is 0. The van der Waals surface area contributed by atoms with Crippen molar-refractivity contribution in [1.82, 2.24) is 5.32 Å². The number of rotatable bonds is 4. The van der Waals surface area contributed by atoms with Gasteiger partial charge in [0.25, 0.3) is 0 Å². The van der Waals surface area contributed by atoms with E-state index in [9.17, 15) is 9.50 Å². The molecule has 2 unspecified atom stereocenters. The van der Waals surface area contributed by atoms with Crippen LogP contribution in [0.25, 0.3) is 0 Å². The number of aliphatic hydroxyl groups is 1. The van der Waals surface area contributed by atoms with Gasteiger partial charge >= 0.3 is 0 Å². The van der Waals surface area contributed by atoms with Crippen molar-refractivity contribution in [2.24, 2.45) is 5.92 Å². The standard InChI is InChI=1S/C14H20FNO/c1-10-6-11(3-5-14(10)15)8-16-9-12-2-4-13(17)7-12/h3,5-6,12-13,16-17H,2,4,7-9H2,1H3. The lowest BCUT2D eigenvalue weighted by molar-refractivity contribution is 0.177. The zero-order chi connectivity index (χ0) is 12.3. The van der Waals surface area contributed by atoms with Gasteiger partial charge in [0.05, 0.1) is 6.10 Å². The minimum atomic E-state index is -0.146. The molecule has 1 aromatic carbocycles. The predicted molar refractivity (Wildman–Crippen MR) is 66.2 cm³/mol. The number of aryl methyl sites for hydroxylation is 1. The van der Waals surface area contributed by atoms with Gasteiger partial charge in [-0.25, -0.2) is 4.39 Å². The van der Waals surface area contributed by atoms with E-state index in [0.717, 1.165) is 37.9 Å². The Morgan fingerprint density at radius 3 is 2.88 bits per heavy atom. The highest BCUT2D eigenvalue weighted by molar-refractivity contribution is 5.23. The van der Waals surface area contributed by atoms with Gasteiger partial charge in [-0.3, -0.25) is 0 Å². The van der Waals surface area contributed by atoms with Crippen LogP contribution in [0.2, 0.25) is 0 Å². The highest BCUT2D eigenvalue weighted by Crippen LogP contribution is 2.24. The molecule has 0 aromatic heterocycles. The molecule has 3 heteroatoms. The van der Waals surface area contributed by atoms with E-state index in [0.29, 0.717) is 11.5 Å². The Labute approximate surface area is 102 Å². The van der Waals surface area contributed by atoms with Gasteiger partial charge in [-0.2, -0.15) is 0 Å². The topological polar surface area (TPSA) is 32.3 Å². The molecule has 2 nitrogen and oxygen atoms in total. The van der Waals surface area contributed by atoms with Gasteiger partial charge in [0.1, 0.15) is 5.82 Å². The fourth-order valence-electron chi connectivity index (χ4n) is 2.47. The van der Waals surface area contributed by atoms with E-state index in [1.807, 2.05) is 12.1 Å². The van der Waals surface area contributed by atoms with Crippen molar-refractivity contribution in [3.63, 3.8) is 0 Å². The maximum Gasteiger partial charge on any atom is 0.126 e. The zero-order valence-electron chi connectivity index (χ0n) is 10.2. The summed E-state index contributed by atoms with van der Waals surface area (Å²) >= 11 is 0. The lowest BCUT2D eigenvalue weighted by Gasteiger charge is -2.11. The SMILES string of the molecule is Cc1cc(CNCC2CCC(O)C2)ccc1F. The molecule has 0 aliphatic heterocycles. The second-order valence-corrected chi connectivity index (χ2v) is 5.05. The first-order valence-corrected chi connectivity index (χ1v) is 6.29. The number of benzene rings is 1. The van der Waals surface area contributed by atoms with E-state index in [-0.39, 0.29) is 11.9 Å². The second-order valence-electron chi connectivity index (χ2n) is 5.05. The molecule has 1 saturated carbocycles. The summed E-state index contributed by atoms with van der Waals surface area (Å²) in [5.74, 6) is 0.444. The molecule has 17 heavy (non-hydrogen) atoms. The van der Waals surface area contributed by atoms with Crippen LogP contribution < -0.4 is 5.32 Å². The molecule has 0 amide bonds. The van der Waals surface area contributed by atoms with Crippen molar-refractivity contribution in [1.29, 1.82) is 0 Å². The van der Waals surface area contributed by atoms with Crippen molar-refractivity contribution in [3.05, 3.63) is 35.1 Å². The van der Waals surface area contributed by atoms with E-state index < -0.39 is 0 Å². The zero-order valence-corrected chi connectivity index (χ0v) is 10.2. The fraction of sp³-hybridized carbons (Fsp3) is 0.571. The number of hydrogen-bond acceptors (Lipinski definition) is 2. The number of halogens is 1. The average molecular weight is 237 g/mol. The van der Waals surface area contributed by atoms with E-state index in [2.05, 4.69) is 5.32 Å². The van der Waals surface area contributed by atoms with Crippen LogP contribution in [0.3, 0.4) is 0 Å². The molecule has 0 bridgehead atoms. The minimum Gasteiger partial charge on any atom is -0.393 e. The Hall–Kier alpha value is -0.930. The number of nitrogens with one attached hydrogen (secondary N) is 1. The van der Waals surface area contributed by atoms with Crippen molar-refractivity contribution in [3.8, 4) is 0 Å². The first-order valence-electron chi connectivity index (χ1n) is 6.29. The van der Waals surface area contributed by atoms with Crippen LogP contribution in [0.5, 0.6) is 0 Å². The summed E-state index contributed by atoms with van der Waals surface area (Å²) in [6.45, 7) is 3.49. The van der Waals surface area contributed by atoms with Crippen LogP contribution in [-0.2, 0) is 6.54 Å². The van der Waals surface area contributed by atoms with Crippen LogP contribution >= 0.6 is 0 Å².